The Morgan fingerprint density at radius 2 is 1.80 bits per heavy atom. The second-order valence-corrected chi connectivity index (χ2v) is 10.3. The van der Waals surface area contributed by atoms with E-state index >= 15 is 0 Å². The van der Waals surface area contributed by atoms with Gasteiger partial charge in [0.2, 0.25) is 0 Å². The lowest BCUT2D eigenvalue weighted by Gasteiger charge is -2.31. The molecule has 1 fully saturated rings. The molecule has 3 aromatic rings. The molecule has 3 aromatic carbocycles. The van der Waals surface area contributed by atoms with E-state index in [-0.39, 0.29) is 30.6 Å². The fourth-order valence-corrected chi connectivity index (χ4v) is 5.15. The van der Waals surface area contributed by atoms with Gasteiger partial charge in [-0.3, -0.25) is 14.5 Å². The molecule has 0 saturated carbocycles. The summed E-state index contributed by atoms with van der Waals surface area (Å²) in [4.78, 5) is 31.1. The molecule has 0 unspecified atom stereocenters. The van der Waals surface area contributed by atoms with E-state index in [4.69, 9.17) is 14.6 Å². The molecular formula is C32H35FN4O4. The Morgan fingerprint density at radius 1 is 1.05 bits per heavy atom. The Morgan fingerprint density at radius 3 is 2.54 bits per heavy atom. The van der Waals surface area contributed by atoms with Gasteiger partial charge in [-0.2, -0.15) is 5.10 Å². The van der Waals surface area contributed by atoms with Crippen LogP contribution in [-0.4, -0.2) is 85.4 Å². The number of benzene rings is 3. The first-order valence-electron chi connectivity index (χ1n) is 13.9. The Labute approximate surface area is 240 Å². The normalized spacial score (nSPS) is 17.3. The van der Waals surface area contributed by atoms with Crippen LogP contribution in [0.15, 0.2) is 77.9 Å². The number of halogens is 1. The summed E-state index contributed by atoms with van der Waals surface area (Å²) in [6.07, 6.45) is 0.511. The average molecular weight is 559 g/mol. The van der Waals surface area contributed by atoms with Gasteiger partial charge in [0, 0.05) is 38.2 Å². The summed E-state index contributed by atoms with van der Waals surface area (Å²) in [6, 6.07) is 21.2. The van der Waals surface area contributed by atoms with Gasteiger partial charge in [-0.1, -0.05) is 54.1 Å². The Balaban J connectivity index is 1.43. The molecule has 0 aliphatic carbocycles. The minimum absolute atomic E-state index is 0.0562. The lowest BCUT2D eigenvalue weighted by atomic mass is 9.97. The van der Waals surface area contributed by atoms with Gasteiger partial charge in [-0.15, -0.1) is 0 Å². The van der Waals surface area contributed by atoms with Crippen molar-refractivity contribution in [3.05, 3.63) is 101 Å². The predicted molar refractivity (Wildman–Crippen MR) is 154 cm³/mol. The van der Waals surface area contributed by atoms with Crippen molar-refractivity contribution >= 4 is 17.5 Å². The molecule has 0 aromatic heterocycles. The summed E-state index contributed by atoms with van der Waals surface area (Å²) >= 11 is 0. The van der Waals surface area contributed by atoms with Crippen molar-refractivity contribution in [3.8, 4) is 5.75 Å². The first kappa shape index (κ1) is 28.4. The number of amides is 2. The van der Waals surface area contributed by atoms with Gasteiger partial charge in [-0.05, 0) is 36.8 Å². The predicted octanol–water partition coefficient (Wildman–Crippen LogP) is 4.30. The number of hydrogen-bond donors (Lipinski definition) is 0. The maximum absolute atomic E-state index is 14.6. The molecule has 9 heteroatoms. The van der Waals surface area contributed by atoms with E-state index in [1.165, 1.54) is 22.0 Å². The number of carbonyl (C=O) groups excluding carboxylic acids is 2. The van der Waals surface area contributed by atoms with Crippen molar-refractivity contribution in [1.29, 1.82) is 0 Å². The van der Waals surface area contributed by atoms with Gasteiger partial charge in [0.05, 0.1) is 37.6 Å². The van der Waals surface area contributed by atoms with Crippen LogP contribution in [0.2, 0.25) is 0 Å². The highest BCUT2D eigenvalue weighted by Crippen LogP contribution is 2.34. The van der Waals surface area contributed by atoms with Crippen LogP contribution in [0, 0.1) is 12.7 Å². The second kappa shape index (κ2) is 13.1. The fraction of sp³-hybridized carbons (Fsp3) is 0.344. The first-order chi connectivity index (χ1) is 19.9. The van der Waals surface area contributed by atoms with Crippen LogP contribution >= 0.6 is 0 Å². The number of morpholine rings is 1. The summed E-state index contributed by atoms with van der Waals surface area (Å²) in [5.41, 5.74) is 3.63. The molecule has 41 heavy (non-hydrogen) atoms. The topological polar surface area (TPSA) is 74.7 Å². The van der Waals surface area contributed by atoms with Crippen LogP contribution in [0.5, 0.6) is 5.75 Å². The van der Waals surface area contributed by atoms with Gasteiger partial charge >= 0.3 is 0 Å². The number of hydrogen-bond acceptors (Lipinski definition) is 6. The third-order valence-corrected chi connectivity index (χ3v) is 7.54. The molecule has 0 radical (unpaired) electrons. The zero-order valence-electron chi connectivity index (χ0n) is 23.5. The van der Waals surface area contributed by atoms with Gasteiger partial charge in [0.25, 0.3) is 11.8 Å². The van der Waals surface area contributed by atoms with Crippen molar-refractivity contribution in [3.63, 3.8) is 0 Å². The number of aryl methyl sites for hydroxylation is 1. The molecule has 0 N–H and O–H groups in total. The van der Waals surface area contributed by atoms with E-state index in [1.807, 2.05) is 55.5 Å². The molecule has 8 nitrogen and oxygen atoms in total. The molecule has 0 bridgehead atoms. The van der Waals surface area contributed by atoms with Gasteiger partial charge < -0.3 is 14.4 Å². The van der Waals surface area contributed by atoms with Crippen LogP contribution in [0.4, 0.5) is 4.39 Å². The quantitative estimate of drug-likeness (QED) is 0.392. The molecule has 5 rings (SSSR count). The Kier molecular flexibility index (Phi) is 9.06. The van der Waals surface area contributed by atoms with Crippen molar-refractivity contribution in [2.75, 3.05) is 53.0 Å². The zero-order valence-corrected chi connectivity index (χ0v) is 23.5. The highest BCUT2D eigenvalue weighted by atomic mass is 19.1. The largest absolute Gasteiger partial charge is 0.497 e. The van der Waals surface area contributed by atoms with Crippen LogP contribution in [0.1, 0.15) is 39.5 Å². The molecule has 214 valence electrons. The number of methoxy groups -OCH3 is 1. The maximum atomic E-state index is 14.6. The lowest BCUT2D eigenvalue weighted by molar-refractivity contribution is -0.133. The van der Waals surface area contributed by atoms with Gasteiger partial charge in [0.1, 0.15) is 18.1 Å². The maximum Gasteiger partial charge on any atom is 0.262 e. The number of ether oxygens (including phenoxy) is 2. The molecular weight excluding hydrogens is 523 g/mol. The highest BCUT2D eigenvalue weighted by molar-refractivity contribution is 6.04. The van der Waals surface area contributed by atoms with E-state index in [0.29, 0.717) is 31.9 Å². The molecule has 0 spiro atoms. The summed E-state index contributed by atoms with van der Waals surface area (Å²) < 4.78 is 25.5. The van der Waals surface area contributed by atoms with E-state index < -0.39 is 11.7 Å². The standard InChI is InChI=1S/C32H35FN4O4/c1-23-10-12-24(13-11-23)30-21-29(25-6-5-7-26(20-25)40-2)34-37(30)31(38)22-36(15-14-35-16-18-41-19-17-35)32(39)27-8-3-4-9-28(27)33/h3-13,20,30H,14-19,21-22H2,1-2H3/t30-/m1/s1. The summed E-state index contributed by atoms with van der Waals surface area (Å²) in [5.74, 6) is -0.766. The molecule has 1 saturated heterocycles. The SMILES string of the molecule is COc1cccc(C2=NN(C(=O)CN(CCN3CCOCC3)C(=O)c3ccccc3F)[C@@H](c3ccc(C)cc3)C2)c1. The number of carbonyl (C=O) groups is 2. The molecule has 2 heterocycles. The highest BCUT2D eigenvalue weighted by Gasteiger charge is 2.35. The fourth-order valence-electron chi connectivity index (χ4n) is 5.15. The third kappa shape index (κ3) is 6.81. The van der Waals surface area contributed by atoms with Crippen molar-refractivity contribution in [2.24, 2.45) is 5.10 Å². The summed E-state index contributed by atoms with van der Waals surface area (Å²) in [7, 11) is 1.61. The van der Waals surface area contributed by atoms with Crippen molar-refractivity contribution in [2.45, 2.75) is 19.4 Å². The summed E-state index contributed by atoms with van der Waals surface area (Å²) in [6.45, 7) is 5.33. The third-order valence-electron chi connectivity index (χ3n) is 7.54. The van der Waals surface area contributed by atoms with Crippen LogP contribution in [0.25, 0.3) is 0 Å². The minimum atomic E-state index is -0.613. The van der Waals surface area contributed by atoms with E-state index in [9.17, 15) is 14.0 Å². The molecule has 2 aliphatic rings. The Hall–Kier alpha value is -4.08. The second-order valence-electron chi connectivity index (χ2n) is 10.3. The van der Waals surface area contributed by atoms with Crippen LogP contribution in [0.3, 0.4) is 0 Å². The minimum Gasteiger partial charge on any atom is -0.497 e. The zero-order chi connectivity index (χ0) is 28.8. The first-order valence-corrected chi connectivity index (χ1v) is 13.9. The number of hydrazone groups is 1. The van der Waals surface area contributed by atoms with E-state index in [2.05, 4.69) is 4.90 Å². The van der Waals surface area contributed by atoms with E-state index in [0.717, 1.165) is 35.5 Å². The van der Waals surface area contributed by atoms with Crippen molar-refractivity contribution in [1.82, 2.24) is 14.8 Å². The number of nitrogens with zero attached hydrogens (tertiary/aromatic N) is 4. The van der Waals surface area contributed by atoms with Gasteiger partial charge in [-0.25, -0.2) is 9.40 Å². The molecule has 2 aliphatic heterocycles. The monoisotopic (exact) mass is 558 g/mol. The number of rotatable bonds is 9. The lowest BCUT2D eigenvalue weighted by Crippen LogP contribution is -2.46. The molecule has 1 atom stereocenters. The van der Waals surface area contributed by atoms with E-state index in [1.54, 1.807) is 19.2 Å². The van der Waals surface area contributed by atoms with Gasteiger partial charge in [0.15, 0.2) is 0 Å². The average Bonchev–Trinajstić information content (AvgIpc) is 3.46. The molecule has 2 amide bonds. The Bertz CT molecular complexity index is 1400. The van der Waals surface area contributed by atoms with Crippen molar-refractivity contribution < 1.29 is 23.5 Å². The summed E-state index contributed by atoms with van der Waals surface area (Å²) in [5, 5.41) is 6.25. The van der Waals surface area contributed by atoms with Crippen LogP contribution in [-0.2, 0) is 9.53 Å². The smallest absolute Gasteiger partial charge is 0.262 e. The van der Waals surface area contributed by atoms with Crippen LogP contribution < -0.4 is 4.74 Å².